The molecule has 0 N–H and O–H groups in total. The van der Waals surface area contributed by atoms with Crippen LogP contribution < -0.4 is 4.90 Å². The zero-order chi connectivity index (χ0) is 22.9. The number of ether oxygens (including phenoxy) is 4. The Morgan fingerprint density at radius 1 is 1.10 bits per heavy atom. The topological polar surface area (TPSA) is 135 Å². The fourth-order valence-corrected chi connectivity index (χ4v) is 4.35. The first-order valence-electron chi connectivity index (χ1n) is 9.45. The van der Waals surface area contributed by atoms with Gasteiger partial charge in [-0.2, -0.15) is 0 Å². The molecule has 2 aliphatic rings. The highest BCUT2D eigenvalue weighted by Gasteiger charge is 2.50. The quantitative estimate of drug-likeness (QED) is 0.255. The largest absolute Gasteiger partial charge is 0.456 e. The average molecular weight is 501 g/mol. The van der Waals surface area contributed by atoms with Crippen molar-refractivity contribution >= 4 is 45.2 Å². The van der Waals surface area contributed by atoms with Gasteiger partial charge in [-0.1, -0.05) is 0 Å². The Kier molecular flexibility index (Phi) is 6.80. The van der Waals surface area contributed by atoms with Gasteiger partial charge in [0.05, 0.1) is 16.0 Å². The van der Waals surface area contributed by atoms with E-state index in [0.717, 1.165) is 5.56 Å². The van der Waals surface area contributed by atoms with E-state index in [1.807, 2.05) is 0 Å². The second kappa shape index (κ2) is 9.18. The Morgan fingerprint density at radius 3 is 2.29 bits per heavy atom. The Balaban J connectivity index is 1.99. The summed E-state index contributed by atoms with van der Waals surface area (Å²) in [5, 5.41) is 11.4. The minimum absolute atomic E-state index is 0.121. The molecule has 2 heterocycles. The maximum Gasteiger partial charge on any atom is 0.303 e. The van der Waals surface area contributed by atoms with Crippen LogP contribution in [0.5, 0.6) is 0 Å². The molecular formula is C19H21BrN2O9. The van der Waals surface area contributed by atoms with Gasteiger partial charge in [0.1, 0.15) is 0 Å². The summed E-state index contributed by atoms with van der Waals surface area (Å²) in [6, 6.07) is 3.09. The second-order valence-corrected chi connectivity index (χ2v) is 8.01. The summed E-state index contributed by atoms with van der Waals surface area (Å²) in [7, 11) is 0. The van der Waals surface area contributed by atoms with Crippen LogP contribution in [0.4, 0.5) is 11.4 Å². The molecule has 168 valence electrons. The standard InChI is InChI=1S/C19H21BrN2O9/c1-9(23)29-16-8-28-19(18(31-11(3)25)17(16)30-10(2)24)21-5-4-12-6-13(20)15(22(26)27)7-14(12)21/h6-7,16-19H,4-5,8H2,1-3H3/t16-,17+,18+,19+/m1/s1. The zero-order valence-electron chi connectivity index (χ0n) is 17.0. The molecule has 1 fully saturated rings. The number of nitro benzene ring substituents is 1. The summed E-state index contributed by atoms with van der Waals surface area (Å²) in [6.45, 7) is 3.88. The minimum Gasteiger partial charge on any atom is -0.456 e. The van der Waals surface area contributed by atoms with Crippen molar-refractivity contribution in [3.63, 3.8) is 0 Å². The minimum atomic E-state index is -1.13. The molecule has 0 saturated carbocycles. The van der Waals surface area contributed by atoms with E-state index in [9.17, 15) is 24.5 Å². The van der Waals surface area contributed by atoms with Crippen LogP contribution in [0.1, 0.15) is 26.3 Å². The maximum atomic E-state index is 11.8. The molecule has 0 unspecified atom stereocenters. The van der Waals surface area contributed by atoms with Crippen LogP contribution >= 0.6 is 15.9 Å². The predicted octanol–water partition coefficient (Wildman–Crippen LogP) is 1.87. The number of rotatable bonds is 5. The highest BCUT2D eigenvalue weighted by molar-refractivity contribution is 9.10. The zero-order valence-corrected chi connectivity index (χ0v) is 18.6. The Morgan fingerprint density at radius 2 is 1.71 bits per heavy atom. The third kappa shape index (κ3) is 4.96. The smallest absolute Gasteiger partial charge is 0.303 e. The molecule has 0 radical (unpaired) electrons. The Bertz CT molecular complexity index is 922. The molecule has 0 bridgehead atoms. The van der Waals surface area contributed by atoms with Crippen LogP contribution in [-0.2, 0) is 39.8 Å². The molecule has 0 aliphatic carbocycles. The van der Waals surface area contributed by atoms with E-state index in [1.165, 1.54) is 26.8 Å². The molecule has 2 aliphatic heterocycles. The summed E-state index contributed by atoms with van der Waals surface area (Å²) in [6.07, 6.45) is -3.57. The van der Waals surface area contributed by atoms with E-state index >= 15 is 0 Å². The average Bonchev–Trinajstić information content (AvgIpc) is 3.05. The number of hydrogen-bond donors (Lipinski definition) is 0. The molecule has 4 atom stereocenters. The number of halogens is 1. The Labute approximate surface area is 185 Å². The van der Waals surface area contributed by atoms with E-state index in [-0.39, 0.29) is 12.3 Å². The maximum absolute atomic E-state index is 11.8. The van der Waals surface area contributed by atoms with Gasteiger partial charge >= 0.3 is 17.9 Å². The van der Waals surface area contributed by atoms with Gasteiger partial charge < -0.3 is 23.8 Å². The number of anilines is 1. The number of carbonyl (C=O) groups is 3. The number of benzene rings is 1. The summed E-state index contributed by atoms with van der Waals surface area (Å²) in [5.74, 6) is -1.92. The Hall–Kier alpha value is -2.73. The molecule has 0 amide bonds. The number of carbonyl (C=O) groups excluding carboxylic acids is 3. The molecule has 0 aromatic heterocycles. The third-order valence-corrected chi connectivity index (χ3v) is 5.54. The van der Waals surface area contributed by atoms with Crippen molar-refractivity contribution in [1.82, 2.24) is 0 Å². The van der Waals surface area contributed by atoms with Gasteiger partial charge in [-0.15, -0.1) is 0 Å². The van der Waals surface area contributed by atoms with Crippen LogP contribution in [-0.4, -0.2) is 60.5 Å². The van der Waals surface area contributed by atoms with Gasteiger partial charge in [-0.05, 0) is 34.0 Å². The van der Waals surface area contributed by atoms with E-state index in [2.05, 4.69) is 15.9 Å². The molecule has 11 nitrogen and oxygen atoms in total. The molecule has 12 heteroatoms. The molecule has 3 rings (SSSR count). The molecular weight excluding hydrogens is 480 g/mol. The number of fused-ring (bicyclic) bond motifs is 1. The second-order valence-electron chi connectivity index (χ2n) is 7.15. The van der Waals surface area contributed by atoms with Gasteiger partial charge in [0.15, 0.2) is 24.5 Å². The molecule has 0 spiro atoms. The number of hydrogen-bond acceptors (Lipinski definition) is 10. The van der Waals surface area contributed by atoms with Crippen LogP contribution in [0, 0.1) is 10.1 Å². The van der Waals surface area contributed by atoms with Crippen molar-refractivity contribution in [3.05, 3.63) is 32.3 Å². The summed E-state index contributed by atoms with van der Waals surface area (Å²) < 4.78 is 22.3. The lowest BCUT2D eigenvalue weighted by Crippen LogP contribution is -2.62. The van der Waals surface area contributed by atoms with E-state index in [4.69, 9.17) is 18.9 Å². The summed E-state index contributed by atoms with van der Waals surface area (Å²) >= 11 is 3.21. The van der Waals surface area contributed by atoms with Gasteiger partial charge in [-0.25, -0.2) is 0 Å². The van der Waals surface area contributed by atoms with Crippen molar-refractivity contribution < 1.29 is 38.3 Å². The van der Waals surface area contributed by atoms with Crippen LogP contribution in [0.25, 0.3) is 0 Å². The summed E-state index contributed by atoms with van der Waals surface area (Å²) in [5.41, 5.74) is 1.26. The lowest BCUT2D eigenvalue weighted by molar-refractivity contribution is -0.385. The number of esters is 3. The lowest BCUT2D eigenvalue weighted by atomic mass is 10.0. The first-order chi connectivity index (χ1) is 14.6. The third-order valence-electron chi connectivity index (χ3n) is 4.91. The first-order valence-corrected chi connectivity index (χ1v) is 10.2. The first kappa shape index (κ1) is 22.9. The van der Waals surface area contributed by atoms with Gasteiger partial charge in [0, 0.05) is 39.1 Å². The molecule has 1 aromatic rings. The number of nitro groups is 1. The van der Waals surface area contributed by atoms with Crippen molar-refractivity contribution in [1.29, 1.82) is 0 Å². The van der Waals surface area contributed by atoms with E-state index in [1.54, 1.807) is 11.0 Å². The predicted molar refractivity (Wildman–Crippen MR) is 108 cm³/mol. The molecule has 1 saturated heterocycles. The van der Waals surface area contributed by atoms with E-state index in [0.29, 0.717) is 23.1 Å². The van der Waals surface area contributed by atoms with E-state index < -0.39 is 47.4 Å². The SMILES string of the molecule is CC(=O)O[C@@H]1[C@H](OC(C)=O)[C@@H](N2CCc3cc(Br)c([N+](=O)[O-])cc32)OC[C@H]1OC(C)=O. The van der Waals surface area contributed by atoms with Crippen molar-refractivity contribution in [2.45, 2.75) is 51.7 Å². The fraction of sp³-hybridized carbons (Fsp3) is 0.526. The van der Waals surface area contributed by atoms with Crippen molar-refractivity contribution in [2.75, 3.05) is 18.1 Å². The van der Waals surface area contributed by atoms with Crippen LogP contribution in [0.15, 0.2) is 16.6 Å². The lowest BCUT2D eigenvalue weighted by Gasteiger charge is -2.44. The molecule has 1 aromatic carbocycles. The normalized spacial score (nSPS) is 24.8. The molecule has 31 heavy (non-hydrogen) atoms. The highest BCUT2D eigenvalue weighted by Crippen LogP contribution is 2.40. The highest BCUT2D eigenvalue weighted by atomic mass is 79.9. The van der Waals surface area contributed by atoms with Crippen LogP contribution in [0.3, 0.4) is 0 Å². The van der Waals surface area contributed by atoms with Crippen molar-refractivity contribution in [2.24, 2.45) is 0 Å². The van der Waals surface area contributed by atoms with Gasteiger partial charge in [-0.3, -0.25) is 24.5 Å². The summed E-state index contributed by atoms with van der Waals surface area (Å²) in [4.78, 5) is 47.6. The van der Waals surface area contributed by atoms with Crippen LogP contribution in [0.2, 0.25) is 0 Å². The monoisotopic (exact) mass is 500 g/mol. The number of nitrogens with zero attached hydrogens (tertiary/aromatic N) is 2. The van der Waals surface area contributed by atoms with Gasteiger partial charge in [0.25, 0.3) is 5.69 Å². The van der Waals surface area contributed by atoms with Gasteiger partial charge in [0.2, 0.25) is 0 Å². The van der Waals surface area contributed by atoms with Crippen molar-refractivity contribution in [3.8, 4) is 0 Å². The fourth-order valence-electron chi connectivity index (χ4n) is 3.82.